The highest BCUT2D eigenvalue weighted by Gasteiger charge is 2.48. The van der Waals surface area contributed by atoms with Gasteiger partial charge in [0.15, 0.2) is 0 Å². The summed E-state index contributed by atoms with van der Waals surface area (Å²) in [5.41, 5.74) is 6.30. The van der Waals surface area contributed by atoms with Crippen molar-refractivity contribution in [1.29, 1.82) is 0 Å². The number of carboxylic acids is 1. The molecule has 0 bridgehead atoms. The van der Waals surface area contributed by atoms with Crippen molar-refractivity contribution in [2.24, 2.45) is 10.7 Å². The molecular weight excluding hydrogens is 481 g/mol. The molecule has 0 saturated carbocycles. The topological polar surface area (TPSA) is 146 Å². The van der Waals surface area contributed by atoms with Crippen LogP contribution < -0.4 is 21.3 Å². The maximum Gasteiger partial charge on any atom is 0.429 e. The van der Waals surface area contributed by atoms with Crippen LogP contribution in [0.5, 0.6) is 5.75 Å². The maximum atomic E-state index is 13.8. The molecule has 0 aliphatic carbocycles. The van der Waals surface area contributed by atoms with Gasteiger partial charge in [-0.05, 0) is 42.0 Å². The highest BCUT2D eigenvalue weighted by atomic mass is 35.5. The lowest BCUT2D eigenvalue weighted by atomic mass is 9.85. The fraction of sp³-hybridized carbons (Fsp3) is 0.476. The van der Waals surface area contributed by atoms with Crippen LogP contribution in [0.3, 0.4) is 0 Å². The molecule has 0 aromatic heterocycles. The molecule has 2 atom stereocenters. The highest BCUT2D eigenvalue weighted by molar-refractivity contribution is 6.31. The lowest BCUT2D eigenvalue weighted by Gasteiger charge is -2.30. The molecule has 1 aliphatic heterocycles. The fourth-order valence-electron chi connectivity index (χ4n) is 3.25. The molecule has 1 heterocycles. The van der Waals surface area contributed by atoms with E-state index in [9.17, 15) is 27.9 Å². The predicted molar refractivity (Wildman–Crippen MR) is 119 cm³/mol. The number of carbonyl (C=O) groups is 2. The summed E-state index contributed by atoms with van der Waals surface area (Å²) in [6.07, 6.45) is -6.56. The third kappa shape index (κ3) is 6.76. The van der Waals surface area contributed by atoms with E-state index in [0.717, 1.165) is 6.08 Å². The molecule has 0 radical (unpaired) electrons. The number of carbonyl (C=O) groups excluding carboxylic acids is 1. The van der Waals surface area contributed by atoms with Gasteiger partial charge in [-0.3, -0.25) is 15.0 Å². The number of halogens is 4. The summed E-state index contributed by atoms with van der Waals surface area (Å²) in [7, 11) is 0. The van der Waals surface area contributed by atoms with Crippen molar-refractivity contribution in [3.63, 3.8) is 0 Å². The van der Waals surface area contributed by atoms with Gasteiger partial charge in [0.1, 0.15) is 11.8 Å². The molecule has 1 aliphatic rings. The summed E-state index contributed by atoms with van der Waals surface area (Å²) in [6.45, 7) is 5.53. The molecule has 1 aromatic carbocycles. The number of benzene rings is 1. The van der Waals surface area contributed by atoms with Crippen molar-refractivity contribution < 1.29 is 37.8 Å². The van der Waals surface area contributed by atoms with E-state index < -0.39 is 41.2 Å². The lowest BCUT2D eigenvalue weighted by molar-refractivity contribution is -0.185. The fourth-order valence-corrected chi connectivity index (χ4v) is 3.70. The number of guanidine groups is 1. The van der Waals surface area contributed by atoms with Gasteiger partial charge in [0.05, 0.1) is 5.57 Å². The number of fused-ring (bicyclic) bond motifs is 1. The summed E-state index contributed by atoms with van der Waals surface area (Å²) in [5, 5.41) is 20.3. The third-order valence-corrected chi connectivity index (χ3v) is 5.27. The minimum atomic E-state index is -4.94. The SMILES string of the molecule is CC(C)(C)c1cc2c(cc1Cl)C=C(C(=O)NC(CCCN=C(N)NO)C(=O)O)[C@@H](C(F)(F)F)O2. The predicted octanol–water partition coefficient (Wildman–Crippen LogP) is 2.99. The zero-order valence-corrected chi connectivity index (χ0v) is 19.4. The van der Waals surface area contributed by atoms with Crippen LogP contribution in [0.2, 0.25) is 5.02 Å². The Labute approximate surface area is 198 Å². The van der Waals surface area contributed by atoms with Crippen LogP contribution in [0.4, 0.5) is 13.2 Å². The van der Waals surface area contributed by atoms with E-state index in [1.807, 2.05) is 20.8 Å². The van der Waals surface area contributed by atoms with Gasteiger partial charge in [0.2, 0.25) is 12.1 Å². The average molecular weight is 507 g/mol. The van der Waals surface area contributed by atoms with Crippen molar-refractivity contribution in [3.8, 4) is 5.75 Å². The van der Waals surface area contributed by atoms with E-state index in [1.165, 1.54) is 12.1 Å². The minimum Gasteiger partial charge on any atom is -0.480 e. The second kappa shape index (κ2) is 10.5. The molecule has 1 aromatic rings. The van der Waals surface area contributed by atoms with Crippen LogP contribution in [0.15, 0.2) is 22.7 Å². The summed E-state index contributed by atoms with van der Waals surface area (Å²) in [6, 6.07) is 1.33. The first-order chi connectivity index (χ1) is 15.6. The number of hydrogen-bond acceptors (Lipinski definition) is 5. The minimum absolute atomic E-state index is 0.0119. The van der Waals surface area contributed by atoms with Gasteiger partial charge in [-0.25, -0.2) is 10.3 Å². The number of aliphatic imine (C=N–C) groups is 1. The number of amides is 1. The highest BCUT2D eigenvalue weighted by Crippen LogP contribution is 2.41. The van der Waals surface area contributed by atoms with Gasteiger partial charge in [-0.1, -0.05) is 32.4 Å². The van der Waals surface area contributed by atoms with Crippen LogP contribution in [0, 0.1) is 0 Å². The van der Waals surface area contributed by atoms with Gasteiger partial charge in [0, 0.05) is 17.1 Å². The monoisotopic (exact) mass is 506 g/mol. The Kier molecular flexibility index (Phi) is 8.43. The lowest BCUT2D eigenvalue weighted by Crippen LogP contribution is -2.47. The average Bonchev–Trinajstić information content (AvgIpc) is 2.72. The van der Waals surface area contributed by atoms with Crippen molar-refractivity contribution in [1.82, 2.24) is 10.8 Å². The number of ether oxygens (including phenoxy) is 1. The van der Waals surface area contributed by atoms with E-state index in [0.29, 0.717) is 5.56 Å². The Bertz CT molecular complexity index is 1010. The molecule has 1 amide bonds. The van der Waals surface area contributed by atoms with Crippen LogP contribution in [-0.4, -0.2) is 53.0 Å². The first-order valence-electron chi connectivity index (χ1n) is 10.2. The quantitative estimate of drug-likeness (QED) is 0.165. The van der Waals surface area contributed by atoms with Gasteiger partial charge in [0.25, 0.3) is 5.91 Å². The van der Waals surface area contributed by atoms with Crippen molar-refractivity contribution in [2.45, 2.75) is 57.3 Å². The molecule has 6 N–H and O–H groups in total. The Hall–Kier alpha value is -2.99. The number of rotatable bonds is 7. The number of nitrogens with two attached hydrogens (primary N) is 1. The van der Waals surface area contributed by atoms with Crippen molar-refractivity contribution in [3.05, 3.63) is 33.9 Å². The van der Waals surface area contributed by atoms with Crippen molar-refractivity contribution >= 4 is 35.5 Å². The number of hydrogen-bond donors (Lipinski definition) is 5. The summed E-state index contributed by atoms with van der Waals surface area (Å²) >= 11 is 6.30. The molecule has 2 rings (SSSR count). The van der Waals surface area contributed by atoms with Gasteiger partial charge < -0.3 is 20.9 Å². The van der Waals surface area contributed by atoms with Crippen LogP contribution in [-0.2, 0) is 15.0 Å². The normalized spacial score (nSPS) is 17.2. The Morgan fingerprint density at radius 3 is 2.47 bits per heavy atom. The third-order valence-electron chi connectivity index (χ3n) is 4.96. The summed E-state index contributed by atoms with van der Waals surface area (Å²) in [4.78, 5) is 27.9. The number of carboxylic acid groups (broad SMARTS) is 1. The van der Waals surface area contributed by atoms with E-state index in [-0.39, 0.29) is 41.7 Å². The van der Waals surface area contributed by atoms with Crippen molar-refractivity contribution in [2.75, 3.05) is 6.54 Å². The van der Waals surface area contributed by atoms with E-state index in [2.05, 4.69) is 10.3 Å². The zero-order chi connectivity index (χ0) is 25.8. The number of nitrogens with one attached hydrogen (secondary N) is 2. The molecule has 9 nitrogen and oxygen atoms in total. The molecular formula is C21H26ClF3N4O5. The Morgan fingerprint density at radius 1 is 1.29 bits per heavy atom. The molecule has 13 heteroatoms. The second-order valence-electron chi connectivity index (χ2n) is 8.64. The van der Waals surface area contributed by atoms with Crippen LogP contribution >= 0.6 is 11.6 Å². The summed E-state index contributed by atoms with van der Waals surface area (Å²) in [5.74, 6) is -3.06. The second-order valence-corrected chi connectivity index (χ2v) is 9.05. The zero-order valence-electron chi connectivity index (χ0n) is 18.7. The number of aliphatic carboxylic acids is 1. The van der Waals surface area contributed by atoms with E-state index in [1.54, 1.807) is 5.48 Å². The molecule has 1 unspecified atom stereocenters. The Morgan fingerprint density at radius 2 is 1.94 bits per heavy atom. The molecule has 0 saturated heterocycles. The maximum absolute atomic E-state index is 13.8. The largest absolute Gasteiger partial charge is 0.480 e. The molecule has 0 spiro atoms. The van der Waals surface area contributed by atoms with E-state index >= 15 is 0 Å². The summed E-state index contributed by atoms with van der Waals surface area (Å²) < 4.78 is 46.5. The first kappa shape index (κ1) is 27.3. The number of alkyl halides is 3. The smallest absolute Gasteiger partial charge is 0.429 e. The van der Waals surface area contributed by atoms with E-state index in [4.69, 9.17) is 27.3 Å². The van der Waals surface area contributed by atoms with Crippen LogP contribution in [0.25, 0.3) is 6.08 Å². The number of hydroxylamine groups is 1. The Balaban J connectivity index is 2.33. The van der Waals surface area contributed by atoms with Gasteiger partial charge in [-0.15, -0.1) is 0 Å². The van der Waals surface area contributed by atoms with Crippen LogP contribution in [0.1, 0.15) is 44.7 Å². The molecule has 34 heavy (non-hydrogen) atoms. The first-order valence-corrected chi connectivity index (χ1v) is 10.6. The van der Waals surface area contributed by atoms with Gasteiger partial charge in [-0.2, -0.15) is 13.2 Å². The number of nitrogens with zero attached hydrogens (tertiary/aromatic N) is 1. The van der Waals surface area contributed by atoms with Gasteiger partial charge >= 0.3 is 12.1 Å². The standard InChI is InChI=1S/C21H26ClF3N4O5/c1-20(2,3)12-9-15-10(8-13(12)22)7-11(16(34-15)21(23,24)25)17(30)28-14(18(31)32)5-4-6-27-19(26)29-33/h7-9,14,16,33H,4-6H2,1-3H3,(H,28,30)(H,31,32)(H3,26,27,29)/t14?,16-/m0/s1. The molecule has 0 fully saturated rings. The molecule has 188 valence electrons.